The van der Waals surface area contributed by atoms with Crippen LogP contribution in [0, 0.1) is 0 Å². The number of anilines is 1. The lowest BCUT2D eigenvalue weighted by atomic mass is 10.1. The number of benzene rings is 1. The lowest BCUT2D eigenvalue weighted by molar-refractivity contribution is -0.00564. The van der Waals surface area contributed by atoms with E-state index in [1.54, 1.807) is 0 Å². The van der Waals surface area contributed by atoms with Gasteiger partial charge in [-0.25, -0.2) is 0 Å². The molecule has 1 aliphatic heterocycles. The number of hydrogen-bond donors (Lipinski definition) is 0. The molecule has 4 nitrogen and oxygen atoms in total. The fourth-order valence-electron chi connectivity index (χ4n) is 2.87. The summed E-state index contributed by atoms with van der Waals surface area (Å²) in [5.74, 6) is 1.16. The first-order chi connectivity index (χ1) is 9.63. The summed E-state index contributed by atoms with van der Waals surface area (Å²) >= 11 is 0. The molecule has 0 saturated carbocycles. The van der Waals surface area contributed by atoms with Crippen LogP contribution in [0.3, 0.4) is 0 Å². The third-order valence-corrected chi connectivity index (χ3v) is 3.67. The zero-order valence-electron chi connectivity index (χ0n) is 12.3. The van der Waals surface area contributed by atoms with Crippen molar-refractivity contribution in [3.8, 4) is 11.3 Å². The van der Waals surface area contributed by atoms with Gasteiger partial charge < -0.3 is 9.64 Å². The van der Waals surface area contributed by atoms with Gasteiger partial charge in [0.1, 0.15) is 5.82 Å². The Labute approximate surface area is 120 Å². The van der Waals surface area contributed by atoms with Gasteiger partial charge in [0.2, 0.25) is 0 Å². The number of nitrogens with zero attached hydrogens (tertiary/aromatic N) is 3. The summed E-state index contributed by atoms with van der Waals surface area (Å²) < 4.78 is 7.76. The third-order valence-electron chi connectivity index (χ3n) is 3.67. The highest BCUT2D eigenvalue weighted by Gasteiger charge is 2.24. The molecule has 2 heterocycles. The molecule has 1 saturated heterocycles. The average molecular weight is 271 g/mol. The molecule has 4 heteroatoms. The van der Waals surface area contributed by atoms with E-state index in [9.17, 15) is 0 Å². The normalized spacial score (nSPS) is 23.1. The first-order valence-electron chi connectivity index (χ1n) is 7.13. The first kappa shape index (κ1) is 13.2. The van der Waals surface area contributed by atoms with E-state index in [0.29, 0.717) is 0 Å². The molecule has 0 spiro atoms. The van der Waals surface area contributed by atoms with Crippen molar-refractivity contribution in [1.82, 2.24) is 9.78 Å². The molecule has 106 valence electrons. The summed E-state index contributed by atoms with van der Waals surface area (Å²) in [7, 11) is 2.01. The van der Waals surface area contributed by atoms with Crippen molar-refractivity contribution in [2.45, 2.75) is 26.1 Å². The standard InChI is InChI=1S/C16H21N3O/c1-12-10-19(11-13(2)20-12)16-9-15(17-18(16)3)14-7-5-4-6-8-14/h4-9,12-13H,10-11H2,1-3H3. The second-order valence-corrected chi connectivity index (χ2v) is 5.54. The Morgan fingerprint density at radius 3 is 2.40 bits per heavy atom. The monoisotopic (exact) mass is 271 g/mol. The van der Waals surface area contributed by atoms with Crippen LogP contribution in [0.4, 0.5) is 5.82 Å². The molecule has 0 bridgehead atoms. The van der Waals surface area contributed by atoms with E-state index in [4.69, 9.17) is 4.74 Å². The molecular formula is C16H21N3O. The summed E-state index contributed by atoms with van der Waals surface area (Å²) in [6.45, 7) is 6.07. The van der Waals surface area contributed by atoms with Crippen molar-refractivity contribution in [1.29, 1.82) is 0 Å². The van der Waals surface area contributed by atoms with Crippen LogP contribution in [0.25, 0.3) is 11.3 Å². The molecular weight excluding hydrogens is 250 g/mol. The minimum atomic E-state index is 0.258. The van der Waals surface area contributed by atoms with Crippen LogP contribution in [0.15, 0.2) is 36.4 Å². The quantitative estimate of drug-likeness (QED) is 0.841. The van der Waals surface area contributed by atoms with Gasteiger partial charge in [-0.2, -0.15) is 5.10 Å². The van der Waals surface area contributed by atoms with Crippen molar-refractivity contribution in [3.05, 3.63) is 36.4 Å². The van der Waals surface area contributed by atoms with E-state index in [0.717, 1.165) is 30.2 Å². The van der Waals surface area contributed by atoms with Crippen LogP contribution in [0.2, 0.25) is 0 Å². The molecule has 0 radical (unpaired) electrons. The molecule has 2 aromatic rings. The SMILES string of the molecule is CC1CN(c2cc(-c3ccccc3)nn2C)CC(C)O1. The Balaban J connectivity index is 1.89. The first-order valence-corrected chi connectivity index (χ1v) is 7.13. The molecule has 2 unspecified atom stereocenters. The Morgan fingerprint density at radius 1 is 1.10 bits per heavy atom. The molecule has 1 aliphatic rings. The number of aryl methyl sites for hydroxylation is 1. The molecule has 20 heavy (non-hydrogen) atoms. The van der Waals surface area contributed by atoms with Gasteiger partial charge in [-0.05, 0) is 13.8 Å². The lowest BCUT2D eigenvalue weighted by Crippen LogP contribution is -2.46. The summed E-state index contributed by atoms with van der Waals surface area (Å²) in [6, 6.07) is 12.5. The van der Waals surface area contributed by atoms with Gasteiger partial charge in [0, 0.05) is 31.8 Å². The summed E-state index contributed by atoms with van der Waals surface area (Å²) in [5.41, 5.74) is 2.18. The Kier molecular flexibility index (Phi) is 3.49. The van der Waals surface area contributed by atoms with E-state index in [1.807, 2.05) is 29.9 Å². The van der Waals surface area contributed by atoms with Crippen molar-refractivity contribution in [3.63, 3.8) is 0 Å². The van der Waals surface area contributed by atoms with Crippen LogP contribution in [0.1, 0.15) is 13.8 Å². The minimum absolute atomic E-state index is 0.258. The number of morpholine rings is 1. The van der Waals surface area contributed by atoms with Crippen LogP contribution < -0.4 is 4.90 Å². The predicted molar refractivity (Wildman–Crippen MR) is 80.9 cm³/mol. The Morgan fingerprint density at radius 2 is 1.75 bits per heavy atom. The molecule has 1 aromatic carbocycles. The second kappa shape index (κ2) is 5.29. The number of hydrogen-bond acceptors (Lipinski definition) is 3. The van der Waals surface area contributed by atoms with Gasteiger partial charge in [0.05, 0.1) is 17.9 Å². The van der Waals surface area contributed by atoms with Gasteiger partial charge in [-0.15, -0.1) is 0 Å². The number of ether oxygens (including phenoxy) is 1. The van der Waals surface area contributed by atoms with Gasteiger partial charge in [0.15, 0.2) is 0 Å². The van der Waals surface area contributed by atoms with E-state index < -0.39 is 0 Å². The highest BCUT2D eigenvalue weighted by atomic mass is 16.5. The molecule has 0 N–H and O–H groups in total. The third kappa shape index (κ3) is 2.56. The zero-order chi connectivity index (χ0) is 14.1. The van der Waals surface area contributed by atoms with Crippen molar-refractivity contribution >= 4 is 5.82 Å². The van der Waals surface area contributed by atoms with Crippen LogP contribution in [-0.4, -0.2) is 35.1 Å². The Bertz CT molecular complexity index is 569. The van der Waals surface area contributed by atoms with Crippen molar-refractivity contribution in [2.24, 2.45) is 7.05 Å². The average Bonchev–Trinajstić information content (AvgIpc) is 2.81. The molecule has 2 atom stereocenters. The summed E-state index contributed by atoms with van der Waals surface area (Å²) in [6.07, 6.45) is 0.516. The van der Waals surface area contributed by atoms with E-state index in [-0.39, 0.29) is 12.2 Å². The largest absolute Gasteiger partial charge is 0.372 e. The molecule has 1 aromatic heterocycles. The maximum Gasteiger partial charge on any atom is 0.127 e. The predicted octanol–water partition coefficient (Wildman–Crippen LogP) is 2.70. The lowest BCUT2D eigenvalue weighted by Gasteiger charge is -2.36. The van der Waals surface area contributed by atoms with Crippen LogP contribution in [0.5, 0.6) is 0 Å². The molecule has 3 rings (SSSR count). The minimum Gasteiger partial charge on any atom is -0.372 e. The van der Waals surface area contributed by atoms with Gasteiger partial charge in [0.25, 0.3) is 0 Å². The smallest absolute Gasteiger partial charge is 0.127 e. The fraction of sp³-hybridized carbons (Fsp3) is 0.438. The van der Waals surface area contributed by atoms with Gasteiger partial charge >= 0.3 is 0 Å². The number of rotatable bonds is 2. The maximum atomic E-state index is 5.80. The number of aromatic nitrogens is 2. The van der Waals surface area contributed by atoms with Gasteiger partial charge in [-0.1, -0.05) is 30.3 Å². The maximum absolute atomic E-state index is 5.80. The highest BCUT2D eigenvalue weighted by Crippen LogP contribution is 2.25. The van der Waals surface area contributed by atoms with Gasteiger partial charge in [-0.3, -0.25) is 4.68 Å². The highest BCUT2D eigenvalue weighted by molar-refractivity contribution is 5.63. The second-order valence-electron chi connectivity index (χ2n) is 5.54. The van der Waals surface area contributed by atoms with Crippen molar-refractivity contribution < 1.29 is 4.74 Å². The fourth-order valence-corrected chi connectivity index (χ4v) is 2.87. The van der Waals surface area contributed by atoms with E-state index >= 15 is 0 Å². The van der Waals surface area contributed by atoms with Crippen LogP contribution in [-0.2, 0) is 11.8 Å². The van der Waals surface area contributed by atoms with E-state index in [1.165, 1.54) is 0 Å². The summed E-state index contributed by atoms with van der Waals surface area (Å²) in [4.78, 5) is 2.36. The molecule has 0 amide bonds. The molecule has 0 aliphatic carbocycles. The topological polar surface area (TPSA) is 30.3 Å². The van der Waals surface area contributed by atoms with Crippen molar-refractivity contribution in [2.75, 3.05) is 18.0 Å². The van der Waals surface area contributed by atoms with E-state index in [2.05, 4.69) is 42.0 Å². The Hall–Kier alpha value is -1.81. The van der Waals surface area contributed by atoms with Crippen LogP contribution >= 0.6 is 0 Å². The summed E-state index contributed by atoms with van der Waals surface area (Å²) in [5, 5.41) is 4.64. The zero-order valence-corrected chi connectivity index (χ0v) is 12.3. The molecule has 1 fully saturated rings.